The van der Waals surface area contributed by atoms with Gasteiger partial charge < -0.3 is 9.84 Å². The van der Waals surface area contributed by atoms with E-state index in [1.807, 2.05) is 0 Å². The SMILES string of the molecule is O=C(CS)OCSSCO. The van der Waals surface area contributed by atoms with Gasteiger partial charge in [-0.3, -0.25) is 4.79 Å². The topological polar surface area (TPSA) is 46.5 Å². The Labute approximate surface area is 72.7 Å². The van der Waals surface area contributed by atoms with Crippen LogP contribution in [0.15, 0.2) is 0 Å². The summed E-state index contributed by atoms with van der Waals surface area (Å²) in [6.45, 7) is 0. The maximum Gasteiger partial charge on any atom is 0.316 e. The lowest BCUT2D eigenvalue weighted by Crippen LogP contribution is -2.04. The van der Waals surface area contributed by atoms with Crippen molar-refractivity contribution in [2.45, 2.75) is 0 Å². The predicted molar refractivity (Wildman–Crippen MR) is 47.1 cm³/mol. The molecule has 0 atom stereocenters. The highest BCUT2D eigenvalue weighted by molar-refractivity contribution is 8.76. The molecule has 60 valence electrons. The summed E-state index contributed by atoms with van der Waals surface area (Å²) in [6, 6.07) is 0. The number of ether oxygens (including phenoxy) is 1. The van der Waals surface area contributed by atoms with Gasteiger partial charge in [-0.15, -0.1) is 0 Å². The molecule has 0 aromatic carbocycles. The summed E-state index contributed by atoms with van der Waals surface area (Å²) in [5, 5.41) is 8.28. The number of thiol groups is 1. The molecule has 0 aliphatic heterocycles. The van der Waals surface area contributed by atoms with E-state index in [4.69, 9.17) is 5.11 Å². The largest absolute Gasteiger partial charge is 0.453 e. The fourth-order valence-corrected chi connectivity index (χ4v) is 1.19. The van der Waals surface area contributed by atoms with Crippen LogP contribution in [-0.4, -0.2) is 28.7 Å². The first-order chi connectivity index (χ1) is 4.81. The van der Waals surface area contributed by atoms with E-state index in [9.17, 15) is 4.79 Å². The second-order valence-electron chi connectivity index (χ2n) is 1.16. The minimum absolute atomic E-state index is 0.0308. The monoisotopic (exact) mass is 200 g/mol. The Bertz CT molecular complexity index is 97.7. The molecule has 0 aliphatic carbocycles. The smallest absolute Gasteiger partial charge is 0.316 e. The van der Waals surface area contributed by atoms with Gasteiger partial charge in [0.25, 0.3) is 0 Å². The summed E-state index contributed by atoms with van der Waals surface area (Å²) < 4.78 is 4.61. The first-order valence-electron chi connectivity index (χ1n) is 2.43. The maximum atomic E-state index is 10.4. The van der Waals surface area contributed by atoms with Crippen molar-refractivity contribution < 1.29 is 14.6 Å². The fourth-order valence-electron chi connectivity index (χ4n) is 0.207. The highest BCUT2D eigenvalue weighted by Crippen LogP contribution is 2.19. The standard InChI is InChI=1S/C4H8O3S3/c5-2-9-10-3-7-4(6)1-8/h5,8H,1-3H2. The average Bonchev–Trinajstić information content (AvgIpc) is 1.98. The normalized spacial score (nSPS) is 9.40. The summed E-state index contributed by atoms with van der Waals surface area (Å²) in [7, 11) is 2.52. The highest BCUT2D eigenvalue weighted by atomic mass is 33.1. The molecule has 0 spiro atoms. The maximum absolute atomic E-state index is 10.4. The third-order valence-corrected chi connectivity index (χ3v) is 2.38. The summed E-state index contributed by atoms with van der Waals surface area (Å²) in [4.78, 5) is 10.4. The quantitative estimate of drug-likeness (QED) is 0.225. The predicted octanol–water partition coefficient (Wildman–Crippen LogP) is 0.748. The molecule has 0 aromatic rings. The van der Waals surface area contributed by atoms with Crippen LogP contribution in [0.3, 0.4) is 0 Å². The summed E-state index contributed by atoms with van der Waals surface area (Å²) in [5.74, 6) is 0.0623. The minimum atomic E-state index is -0.339. The molecular weight excluding hydrogens is 192 g/mol. The first kappa shape index (κ1) is 10.5. The van der Waals surface area contributed by atoms with Gasteiger partial charge in [0, 0.05) is 0 Å². The van der Waals surface area contributed by atoms with Gasteiger partial charge in [-0.2, -0.15) is 12.6 Å². The van der Waals surface area contributed by atoms with Crippen molar-refractivity contribution in [2.75, 3.05) is 17.6 Å². The molecule has 0 radical (unpaired) electrons. The Balaban J connectivity index is 2.96. The number of carbonyl (C=O) groups is 1. The van der Waals surface area contributed by atoms with Crippen LogP contribution in [0.1, 0.15) is 0 Å². The molecule has 6 heteroatoms. The second kappa shape index (κ2) is 7.59. The molecule has 0 aromatic heterocycles. The molecule has 0 rings (SSSR count). The number of carbonyl (C=O) groups excluding carboxylic acids is 1. The Morgan fingerprint density at radius 3 is 2.80 bits per heavy atom. The molecule has 0 heterocycles. The van der Waals surface area contributed by atoms with E-state index in [0.717, 1.165) is 0 Å². The average molecular weight is 200 g/mol. The van der Waals surface area contributed by atoms with E-state index in [0.29, 0.717) is 0 Å². The van der Waals surface area contributed by atoms with Crippen molar-refractivity contribution >= 4 is 40.2 Å². The van der Waals surface area contributed by atoms with Gasteiger partial charge in [0.15, 0.2) is 0 Å². The van der Waals surface area contributed by atoms with Crippen LogP contribution in [0.5, 0.6) is 0 Å². The minimum Gasteiger partial charge on any atom is -0.453 e. The lowest BCUT2D eigenvalue weighted by atomic mass is 10.8. The molecule has 3 nitrogen and oxygen atoms in total. The van der Waals surface area contributed by atoms with Gasteiger partial charge in [0.05, 0.1) is 11.7 Å². The molecular formula is C4H8O3S3. The van der Waals surface area contributed by atoms with E-state index in [2.05, 4.69) is 17.4 Å². The van der Waals surface area contributed by atoms with E-state index >= 15 is 0 Å². The lowest BCUT2D eigenvalue weighted by molar-refractivity contribution is -0.138. The number of hydrogen-bond acceptors (Lipinski definition) is 6. The molecule has 0 amide bonds. The summed E-state index contributed by atoms with van der Waals surface area (Å²) >= 11 is 3.70. The van der Waals surface area contributed by atoms with Crippen molar-refractivity contribution in [2.24, 2.45) is 0 Å². The molecule has 0 unspecified atom stereocenters. The van der Waals surface area contributed by atoms with Crippen LogP contribution in [0.25, 0.3) is 0 Å². The Morgan fingerprint density at radius 2 is 2.30 bits per heavy atom. The lowest BCUT2D eigenvalue weighted by Gasteiger charge is -1.99. The Hall–Kier alpha value is 0.480. The number of esters is 1. The van der Waals surface area contributed by atoms with Crippen LogP contribution >= 0.6 is 34.2 Å². The van der Waals surface area contributed by atoms with Crippen molar-refractivity contribution in [3.05, 3.63) is 0 Å². The van der Waals surface area contributed by atoms with E-state index in [1.165, 1.54) is 21.6 Å². The van der Waals surface area contributed by atoms with Gasteiger partial charge in [-0.05, 0) is 0 Å². The van der Waals surface area contributed by atoms with Crippen LogP contribution in [-0.2, 0) is 9.53 Å². The van der Waals surface area contributed by atoms with Crippen LogP contribution < -0.4 is 0 Å². The molecule has 0 aliphatic rings. The van der Waals surface area contributed by atoms with Crippen LogP contribution in [0.4, 0.5) is 0 Å². The van der Waals surface area contributed by atoms with Crippen molar-refractivity contribution in [1.29, 1.82) is 0 Å². The molecule has 0 fully saturated rings. The van der Waals surface area contributed by atoms with Crippen LogP contribution in [0, 0.1) is 0 Å². The molecule has 0 saturated carbocycles. The molecule has 0 saturated heterocycles. The van der Waals surface area contributed by atoms with E-state index < -0.39 is 0 Å². The van der Waals surface area contributed by atoms with Crippen molar-refractivity contribution in [3.63, 3.8) is 0 Å². The van der Waals surface area contributed by atoms with Crippen molar-refractivity contribution in [1.82, 2.24) is 0 Å². The van der Waals surface area contributed by atoms with Crippen molar-refractivity contribution in [3.8, 4) is 0 Å². The number of rotatable bonds is 5. The molecule has 0 bridgehead atoms. The zero-order chi connectivity index (χ0) is 7.82. The first-order valence-corrected chi connectivity index (χ1v) is 5.55. The van der Waals surface area contributed by atoms with Crippen LogP contribution in [0.2, 0.25) is 0 Å². The molecule has 1 N–H and O–H groups in total. The second-order valence-corrected chi connectivity index (χ2v) is 3.85. The Morgan fingerprint density at radius 1 is 1.60 bits per heavy atom. The zero-order valence-corrected chi connectivity index (χ0v) is 7.68. The zero-order valence-electron chi connectivity index (χ0n) is 5.15. The number of aliphatic hydroxyl groups excluding tert-OH is 1. The fraction of sp³-hybridized carbons (Fsp3) is 0.750. The van der Waals surface area contributed by atoms with E-state index in [-0.39, 0.29) is 23.6 Å². The van der Waals surface area contributed by atoms with Gasteiger partial charge in [-0.1, -0.05) is 21.6 Å². The highest BCUT2D eigenvalue weighted by Gasteiger charge is 1.96. The third-order valence-electron chi connectivity index (χ3n) is 0.533. The van der Waals surface area contributed by atoms with Gasteiger partial charge in [0.1, 0.15) is 5.94 Å². The third kappa shape index (κ3) is 6.60. The Kier molecular flexibility index (Phi) is 7.95. The number of aliphatic hydroxyl groups is 1. The van der Waals surface area contributed by atoms with Gasteiger partial charge in [0.2, 0.25) is 0 Å². The van der Waals surface area contributed by atoms with Gasteiger partial charge >= 0.3 is 5.97 Å². The number of hydrogen-bond donors (Lipinski definition) is 2. The van der Waals surface area contributed by atoms with E-state index in [1.54, 1.807) is 0 Å². The van der Waals surface area contributed by atoms with Gasteiger partial charge in [-0.25, -0.2) is 0 Å². The summed E-state index contributed by atoms with van der Waals surface area (Å²) in [6.07, 6.45) is 0. The summed E-state index contributed by atoms with van der Waals surface area (Å²) in [5.41, 5.74) is 0. The molecule has 10 heavy (non-hydrogen) atoms.